The van der Waals surface area contributed by atoms with Crippen molar-refractivity contribution in [1.29, 1.82) is 0 Å². The number of hydrogen-bond donors (Lipinski definition) is 4. The molecule has 4 amide bonds. The van der Waals surface area contributed by atoms with Crippen LogP contribution in [0.4, 0.5) is 54.3 Å². The molecule has 2 aromatic heterocycles. The predicted octanol–water partition coefficient (Wildman–Crippen LogP) is 24.2. The number of aromatic nitrogens is 1. The highest BCUT2D eigenvalue weighted by Gasteiger charge is 2.33. The van der Waals surface area contributed by atoms with E-state index in [0.717, 1.165) is 130 Å². The third-order valence-corrected chi connectivity index (χ3v) is 25.5. The standard InChI is InChI=1S/C29H39FN2O3.C28H37FN2O4.C27H37N3O3.C27H38N2O4/c1-5-28(35-19-33)23-13-14-27(32(18-20(2)3)24-9-7-6-8-10-24)26(16-23)31-29(34)17-22-12-11-21(4)15-25(22)30;1-5-27(35-18-32)22-8-9-26(31(17-19(2)3)23-10-12-34-13-11-23)25(15-22)30-28(33)16-21-7-6-20(4)14-24(21)29;1-4-26(33-19-31)22-12-13-25(30(18-20(2)3)23-10-6-5-7-11-23)24(16-22)29-27(32)15-21-9-8-14-28-17-21;1-5-26(33-18-30)21-11-12-25(29(16-19(2)3)22-9-7-6-8-10-22)24(14-21)28-27(31)15-23-13-20(4)17-32-23/h11-16,19-20,24,28H,5-10,17-18H2,1-4H3,(H,31,34);6-9,14-15,18-19,23,27H,5,10-13,16-17H2,1-4H3,(H,30,33);8-9,12-14,16-17,19-20,23,26H,4-7,10-11,15,18H2,1-3H3,(H,29,32);11-14,17-19,22,26H,5-10,15-16H2,1-4H3,(H,28,31). The minimum Gasteiger partial charge on any atom is -0.469 e. The van der Waals surface area contributed by atoms with E-state index in [0.29, 0.717) is 135 Å². The number of carbonyl (C=O) groups excluding carboxylic acids is 8. The highest BCUT2D eigenvalue weighted by molar-refractivity contribution is 5.99. The molecule has 0 spiro atoms. The van der Waals surface area contributed by atoms with E-state index in [1.807, 2.05) is 133 Å². The van der Waals surface area contributed by atoms with Crippen LogP contribution in [0.25, 0.3) is 0 Å². The zero-order valence-corrected chi connectivity index (χ0v) is 83.2. The molecule has 4 aliphatic rings. The van der Waals surface area contributed by atoms with Crippen molar-refractivity contribution in [2.75, 3.05) is 80.3 Å². The Labute approximate surface area is 806 Å². The number of benzene rings is 6. The van der Waals surface area contributed by atoms with Crippen LogP contribution in [0.15, 0.2) is 150 Å². The predicted molar refractivity (Wildman–Crippen MR) is 539 cm³/mol. The molecule has 1 saturated heterocycles. The van der Waals surface area contributed by atoms with Gasteiger partial charge in [-0.3, -0.25) is 43.3 Å². The van der Waals surface area contributed by atoms with Gasteiger partial charge >= 0.3 is 0 Å². The number of carbonyl (C=O) groups is 8. The molecule has 3 saturated carbocycles. The maximum atomic E-state index is 14.4. The third-order valence-electron chi connectivity index (χ3n) is 25.5. The monoisotopic (exact) mass is 1870 g/mol. The Bertz CT molecular complexity index is 4900. The van der Waals surface area contributed by atoms with Crippen LogP contribution >= 0.6 is 0 Å². The molecule has 1 aliphatic heterocycles. The fraction of sp³-hybridized carbons (Fsp3) is 0.523. The SMILES string of the molecule is CCC(OC=O)c1ccc(N(CC(C)C)C2CCCCC2)c(NC(=O)Cc2cc(C)co2)c1.CCC(OC=O)c1ccc(N(CC(C)C)C2CCCCC2)c(NC(=O)Cc2ccc(C)cc2F)c1.CCC(OC=O)c1ccc(N(CC(C)C)C2CCCCC2)c(NC(=O)Cc2cccnc2)c1.CCC(OC=O)c1ccc(N(CC(C)C)C2CCOCC2)c(NC(=O)Cc2ccc(C)cc2F)c1. The molecule has 3 aliphatic carbocycles. The van der Waals surface area contributed by atoms with E-state index < -0.39 is 6.10 Å². The largest absolute Gasteiger partial charge is 0.469 e. The van der Waals surface area contributed by atoms with Gasteiger partial charge in [0, 0.05) is 76.0 Å². The summed E-state index contributed by atoms with van der Waals surface area (Å²) in [5.41, 5.74) is 14.4. The van der Waals surface area contributed by atoms with E-state index in [2.05, 4.69) is 113 Å². The van der Waals surface area contributed by atoms with E-state index in [1.54, 1.807) is 36.9 Å². The number of nitrogens with zero attached hydrogens (tertiary/aromatic N) is 5. The van der Waals surface area contributed by atoms with Crippen LogP contribution < -0.4 is 40.9 Å². The number of halogens is 2. The van der Waals surface area contributed by atoms with Gasteiger partial charge < -0.3 is 69.0 Å². The summed E-state index contributed by atoms with van der Waals surface area (Å²) in [6.45, 7) is 38.0. The number of furan rings is 1. The molecule has 4 N–H and O–H groups in total. The number of anilines is 8. The van der Waals surface area contributed by atoms with E-state index in [-0.39, 0.29) is 85.3 Å². The van der Waals surface area contributed by atoms with Gasteiger partial charge in [0.15, 0.2) is 0 Å². The number of nitrogens with one attached hydrogen (secondary N) is 4. The average Bonchev–Trinajstić information content (AvgIpc) is 0.934. The first kappa shape index (κ1) is 108. The third kappa shape index (κ3) is 33.8. The summed E-state index contributed by atoms with van der Waals surface area (Å²) in [5, 5.41) is 12.4. The summed E-state index contributed by atoms with van der Waals surface area (Å²) in [6.07, 6.45) is 26.4. The van der Waals surface area contributed by atoms with Crippen LogP contribution in [-0.2, 0) is 87.7 Å². The molecule has 6 aromatic carbocycles. The second-order valence-corrected chi connectivity index (χ2v) is 38.6. The molecule has 8 aromatic rings. The zero-order chi connectivity index (χ0) is 98.2. The lowest BCUT2D eigenvalue weighted by molar-refractivity contribution is -0.134. The van der Waals surface area contributed by atoms with Gasteiger partial charge in [-0.25, -0.2) is 8.78 Å². The van der Waals surface area contributed by atoms with Gasteiger partial charge in [0.1, 0.15) is 41.8 Å². The second-order valence-electron chi connectivity index (χ2n) is 38.6. The first-order chi connectivity index (χ1) is 65.5. The number of hydrogen-bond acceptors (Lipinski definition) is 19. The highest BCUT2D eigenvalue weighted by atomic mass is 19.1. The molecule has 25 heteroatoms. The first-order valence-corrected chi connectivity index (χ1v) is 49.7. The summed E-state index contributed by atoms with van der Waals surface area (Å²) < 4.78 is 61.0. The van der Waals surface area contributed by atoms with Crippen molar-refractivity contribution in [2.24, 2.45) is 23.7 Å². The van der Waals surface area contributed by atoms with Crippen molar-refractivity contribution in [1.82, 2.24) is 4.98 Å². The Kier molecular flexibility index (Phi) is 44.8. The van der Waals surface area contributed by atoms with Crippen LogP contribution in [0.2, 0.25) is 0 Å². The van der Waals surface area contributed by atoms with Crippen LogP contribution in [-0.4, -0.2) is 118 Å². The molecule has 12 rings (SSSR count). The molecule has 23 nitrogen and oxygen atoms in total. The van der Waals surface area contributed by atoms with Crippen molar-refractivity contribution in [2.45, 2.75) is 313 Å². The fourth-order valence-electron chi connectivity index (χ4n) is 19.0. The lowest BCUT2D eigenvalue weighted by atomic mass is 9.92. The van der Waals surface area contributed by atoms with Crippen LogP contribution in [0.1, 0.15) is 304 Å². The number of ether oxygens (including phenoxy) is 5. The van der Waals surface area contributed by atoms with E-state index in [1.165, 1.54) is 95.6 Å². The average molecular weight is 1870 g/mol. The van der Waals surface area contributed by atoms with E-state index >= 15 is 0 Å². The van der Waals surface area contributed by atoms with Crippen molar-refractivity contribution >= 4 is 95.0 Å². The fourth-order valence-corrected chi connectivity index (χ4v) is 19.0. The summed E-state index contributed by atoms with van der Waals surface area (Å²) >= 11 is 0. The van der Waals surface area contributed by atoms with Gasteiger partial charge in [-0.05, 0) is 250 Å². The van der Waals surface area contributed by atoms with E-state index in [9.17, 15) is 47.1 Å². The molecule has 0 radical (unpaired) electrons. The maximum Gasteiger partial charge on any atom is 0.293 e. The molecule has 4 fully saturated rings. The molecular formula is C111H151F2N9O14. The van der Waals surface area contributed by atoms with Crippen molar-refractivity contribution in [3.63, 3.8) is 0 Å². The Morgan fingerprint density at radius 2 is 0.699 bits per heavy atom. The van der Waals surface area contributed by atoms with Crippen molar-refractivity contribution < 1.29 is 75.2 Å². The normalized spacial score (nSPS) is 15.1. The maximum absolute atomic E-state index is 14.4. The van der Waals surface area contributed by atoms with E-state index in [4.69, 9.17) is 28.1 Å². The van der Waals surface area contributed by atoms with Crippen molar-refractivity contribution in [3.05, 3.63) is 219 Å². The van der Waals surface area contributed by atoms with Crippen LogP contribution in [0, 0.1) is 56.1 Å². The Morgan fingerprint density at radius 3 is 0.971 bits per heavy atom. The van der Waals surface area contributed by atoms with Gasteiger partial charge in [0.05, 0.1) is 77.4 Å². The summed E-state index contributed by atoms with van der Waals surface area (Å²) in [6, 6.07) is 41.0. The molecule has 738 valence electrons. The number of amides is 4. The van der Waals surface area contributed by atoms with Gasteiger partial charge in [-0.1, -0.05) is 195 Å². The Hall–Kier alpha value is -11.5. The number of rotatable bonds is 44. The molecule has 4 unspecified atom stereocenters. The van der Waals surface area contributed by atoms with Gasteiger partial charge in [0.2, 0.25) is 23.6 Å². The number of pyridine rings is 1. The van der Waals surface area contributed by atoms with Crippen LogP contribution in [0.3, 0.4) is 0 Å². The molecule has 136 heavy (non-hydrogen) atoms. The van der Waals surface area contributed by atoms with Gasteiger partial charge in [0.25, 0.3) is 25.9 Å². The molecule has 3 heterocycles. The summed E-state index contributed by atoms with van der Waals surface area (Å²) in [4.78, 5) is 110. The van der Waals surface area contributed by atoms with Gasteiger partial charge in [-0.2, -0.15) is 0 Å². The quantitative estimate of drug-likeness (QED) is 0.0204. The number of aryl methyl sites for hydroxylation is 3. The van der Waals surface area contributed by atoms with Gasteiger partial charge in [-0.15, -0.1) is 0 Å². The lowest BCUT2D eigenvalue weighted by Crippen LogP contribution is -2.42. The minimum absolute atomic E-state index is 0.0502. The molecular weight excluding hydrogens is 1720 g/mol. The second kappa shape index (κ2) is 56.3. The van der Waals surface area contributed by atoms with Crippen LogP contribution in [0.5, 0.6) is 0 Å². The Balaban J connectivity index is 0.000000203. The zero-order valence-electron chi connectivity index (χ0n) is 83.2. The smallest absolute Gasteiger partial charge is 0.293 e. The summed E-state index contributed by atoms with van der Waals surface area (Å²) in [5.74, 6) is 0.939. The first-order valence-electron chi connectivity index (χ1n) is 49.7. The highest BCUT2D eigenvalue weighted by Crippen LogP contribution is 2.42. The molecule has 4 atom stereocenters. The topological polar surface area (TPSA) is 270 Å². The summed E-state index contributed by atoms with van der Waals surface area (Å²) in [7, 11) is 0. The van der Waals surface area contributed by atoms with Crippen molar-refractivity contribution in [3.8, 4) is 0 Å². The molecule has 0 bridgehead atoms. The lowest BCUT2D eigenvalue weighted by Gasteiger charge is -2.38. The minimum atomic E-state index is -0.409. The Morgan fingerprint density at radius 1 is 0.390 bits per heavy atom.